The number of carbonyl (C=O) groups excluding carboxylic acids is 2. The third kappa shape index (κ3) is 3.28. The number of piperidine rings is 1. The van der Waals surface area contributed by atoms with Crippen molar-refractivity contribution < 1.29 is 22.8 Å². The van der Waals surface area contributed by atoms with E-state index < -0.39 is 34.7 Å². The summed E-state index contributed by atoms with van der Waals surface area (Å²) in [5.41, 5.74) is 7.50. The molecule has 2 heterocycles. The molecular weight excluding hydrogens is 325 g/mol. The highest BCUT2D eigenvalue weighted by atomic mass is 19.1. The Morgan fingerprint density at radius 1 is 1.08 bits per heavy atom. The first-order valence-electron chi connectivity index (χ1n) is 7.68. The van der Waals surface area contributed by atoms with Gasteiger partial charge in [-0.3, -0.25) is 9.59 Å². The summed E-state index contributed by atoms with van der Waals surface area (Å²) in [4.78, 5) is 26.2. The topological polar surface area (TPSA) is 73.5 Å². The molecule has 0 spiro atoms. The Morgan fingerprint density at radius 2 is 1.71 bits per heavy atom. The number of nitrogens with zero attached hydrogens (tertiary/aromatic N) is 1. The lowest BCUT2D eigenvalue weighted by atomic mass is 9.88. The van der Waals surface area contributed by atoms with Gasteiger partial charge in [0.25, 0.3) is 0 Å². The van der Waals surface area contributed by atoms with Crippen molar-refractivity contribution in [2.24, 2.45) is 5.92 Å². The lowest BCUT2D eigenvalue weighted by Crippen LogP contribution is -2.49. The number of hydrazine groups is 2. The second-order valence-electron chi connectivity index (χ2n) is 5.91. The first-order valence-corrected chi connectivity index (χ1v) is 7.68. The molecule has 1 atom stereocenters. The number of hydrogen-bond donors (Lipinski definition) is 3. The zero-order valence-corrected chi connectivity index (χ0v) is 12.7. The number of Topliss-reactive ketones (excluding diaryl/α,β-unsaturated/α-hetero) is 1. The summed E-state index contributed by atoms with van der Waals surface area (Å²) < 4.78 is 40.4. The SMILES string of the molecule is O=C(c1c(F)cc(F)cc1F)C1CCN(C(=O)C2CNNN2)CC1. The van der Waals surface area contributed by atoms with Crippen LogP contribution in [0.15, 0.2) is 12.1 Å². The van der Waals surface area contributed by atoms with Crippen molar-refractivity contribution in [1.29, 1.82) is 0 Å². The molecule has 0 aliphatic carbocycles. The maximum absolute atomic E-state index is 13.7. The normalized spacial score (nSPS) is 22.0. The second-order valence-corrected chi connectivity index (χ2v) is 5.91. The van der Waals surface area contributed by atoms with Crippen LogP contribution in [0.4, 0.5) is 13.2 Å². The molecule has 1 amide bonds. The van der Waals surface area contributed by atoms with E-state index in [2.05, 4.69) is 16.4 Å². The molecule has 1 aromatic rings. The van der Waals surface area contributed by atoms with E-state index in [1.807, 2.05) is 0 Å². The van der Waals surface area contributed by atoms with E-state index in [-0.39, 0.29) is 11.9 Å². The lowest BCUT2D eigenvalue weighted by Gasteiger charge is -2.32. The molecule has 130 valence electrons. The van der Waals surface area contributed by atoms with Crippen molar-refractivity contribution in [3.63, 3.8) is 0 Å². The molecule has 1 unspecified atom stereocenters. The molecule has 2 fully saturated rings. The molecular formula is C15H17F3N4O2. The average Bonchev–Trinajstić information content (AvgIpc) is 3.07. The molecule has 0 saturated carbocycles. The highest BCUT2D eigenvalue weighted by Gasteiger charge is 2.34. The Balaban J connectivity index is 1.64. The Hall–Kier alpha value is -1.97. The molecule has 3 N–H and O–H groups in total. The van der Waals surface area contributed by atoms with Crippen LogP contribution in [0.25, 0.3) is 0 Å². The molecule has 1 aromatic carbocycles. The van der Waals surface area contributed by atoms with Gasteiger partial charge in [-0.15, -0.1) is 0 Å². The number of rotatable bonds is 3. The van der Waals surface area contributed by atoms with Gasteiger partial charge in [-0.25, -0.2) is 24.0 Å². The summed E-state index contributed by atoms with van der Waals surface area (Å²) >= 11 is 0. The monoisotopic (exact) mass is 342 g/mol. The molecule has 24 heavy (non-hydrogen) atoms. The van der Waals surface area contributed by atoms with Crippen LogP contribution in [0.2, 0.25) is 0 Å². The molecule has 3 rings (SSSR count). The largest absolute Gasteiger partial charge is 0.341 e. The minimum atomic E-state index is -1.19. The Labute approximate surface area is 136 Å². The van der Waals surface area contributed by atoms with Gasteiger partial charge in [0.15, 0.2) is 5.78 Å². The van der Waals surface area contributed by atoms with Crippen molar-refractivity contribution in [1.82, 2.24) is 21.3 Å². The van der Waals surface area contributed by atoms with E-state index in [0.717, 1.165) is 0 Å². The van der Waals surface area contributed by atoms with Crippen LogP contribution in [0, 0.1) is 23.4 Å². The summed E-state index contributed by atoms with van der Waals surface area (Å²) in [7, 11) is 0. The van der Waals surface area contributed by atoms with Crippen molar-refractivity contribution >= 4 is 11.7 Å². The number of likely N-dealkylation sites (tertiary alicyclic amines) is 1. The van der Waals surface area contributed by atoms with Gasteiger partial charge in [-0.05, 0) is 12.8 Å². The van der Waals surface area contributed by atoms with Crippen molar-refractivity contribution in [3.05, 3.63) is 35.1 Å². The van der Waals surface area contributed by atoms with Crippen LogP contribution in [-0.4, -0.2) is 42.3 Å². The molecule has 6 nitrogen and oxygen atoms in total. The predicted molar refractivity (Wildman–Crippen MR) is 78.0 cm³/mol. The first-order chi connectivity index (χ1) is 11.5. The van der Waals surface area contributed by atoms with E-state index in [0.29, 0.717) is 44.6 Å². The maximum Gasteiger partial charge on any atom is 0.242 e. The summed E-state index contributed by atoms with van der Waals surface area (Å²) in [5, 5.41) is 0. The lowest BCUT2D eigenvalue weighted by molar-refractivity contribution is -0.134. The van der Waals surface area contributed by atoms with Crippen LogP contribution in [0.5, 0.6) is 0 Å². The highest BCUT2D eigenvalue weighted by Crippen LogP contribution is 2.25. The number of benzene rings is 1. The third-order valence-corrected chi connectivity index (χ3v) is 4.37. The summed E-state index contributed by atoms with van der Waals surface area (Å²) in [6.07, 6.45) is 0.628. The van der Waals surface area contributed by atoms with E-state index in [1.54, 1.807) is 4.90 Å². The number of nitrogens with one attached hydrogen (secondary N) is 3. The van der Waals surface area contributed by atoms with E-state index in [4.69, 9.17) is 0 Å². The fourth-order valence-electron chi connectivity index (χ4n) is 3.06. The van der Waals surface area contributed by atoms with Crippen LogP contribution >= 0.6 is 0 Å². The van der Waals surface area contributed by atoms with Crippen molar-refractivity contribution in [2.75, 3.05) is 19.6 Å². The number of ketones is 1. The van der Waals surface area contributed by atoms with Crippen LogP contribution in [-0.2, 0) is 4.79 Å². The number of halogens is 3. The summed E-state index contributed by atoms with van der Waals surface area (Å²) in [6.45, 7) is 1.11. The van der Waals surface area contributed by atoms with Gasteiger partial charge >= 0.3 is 0 Å². The fraction of sp³-hybridized carbons (Fsp3) is 0.467. The molecule has 2 saturated heterocycles. The van der Waals surface area contributed by atoms with E-state index in [9.17, 15) is 22.8 Å². The number of amides is 1. The molecule has 9 heteroatoms. The van der Waals surface area contributed by atoms with Crippen LogP contribution in [0.1, 0.15) is 23.2 Å². The average molecular weight is 342 g/mol. The smallest absolute Gasteiger partial charge is 0.242 e. The predicted octanol–water partition coefficient (Wildman–Crippen LogP) is 0.506. The minimum absolute atomic E-state index is 0.0995. The number of carbonyl (C=O) groups is 2. The minimum Gasteiger partial charge on any atom is -0.341 e. The molecule has 2 aliphatic rings. The highest BCUT2D eigenvalue weighted by molar-refractivity contribution is 5.98. The zero-order chi connectivity index (χ0) is 17.3. The summed E-state index contributed by atoms with van der Waals surface area (Å²) in [5.74, 6) is -4.81. The Kier molecular flexibility index (Phi) is 4.83. The molecule has 0 bridgehead atoms. The van der Waals surface area contributed by atoms with Gasteiger partial charge in [0.05, 0.1) is 5.56 Å². The van der Waals surface area contributed by atoms with Gasteiger partial charge in [-0.1, -0.05) is 0 Å². The van der Waals surface area contributed by atoms with Gasteiger partial charge in [0.1, 0.15) is 23.5 Å². The molecule has 0 aromatic heterocycles. The fourth-order valence-corrected chi connectivity index (χ4v) is 3.06. The zero-order valence-electron chi connectivity index (χ0n) is 12.7. The van der Waals surface area contributed by atoms with E-state index >= 15 is 0 Å². The van der Waals surface area contributed by atoms with Gasteiger partial charge in [0, 0.05) is 37.7 Å². The number of hydrogen-bond acceptors (Lipinski definition) is 5. The maximum atomic E-state index is 13.7. The quantitative estimate of drug-likeness (QED) is 0.698. The van der Waals surface area contributed by atoms with Crippen molar-refractivity contribution in [3.8, 4) is 0 Å². The van der Waals surface area contributed by atoms with E-state index in [1.165, 1.54) is 0 Å². The van der Waals surface area contributed by atoms with Gasteiger partial charge in [0.2, 0.25) is 5.91 Å². The second kappa shape index (κ2) is 6.88. The van der Waals surface area contributed by atoms with Gasteiger partial charge in [-0.2, -0.15) is 5.53 Å². The van der Waals surface area contributed by atoms with Gasteiger partial charge < -0.3 is 4.90 Å². The standard InChI is InChI=1S/C15H17F3N4O2/c16-9-5-10(17)13(11(18)6-9)14(23)8-1-3-22(4-2-8)15(24)12-7-19-21-20-12/h5-6,8,12,19-21H,1-4,7H2. The van der Waals surface area contributed by atoms with Crippen molar-refractivity contribution in [2.45, 2.75) is 18.9 Å². The van der Waals surface area contributed by atoms with Crippen LogP contribution in [0.3, 0.4) is 0 Å². The summed E-state index contributed by atoms with van der Waals surface area (Å²) in [6, 6.07) is 0.616. The molecule has 2 aliphatic heterocycles. The third-order valence-electron chi connectivity index (χ3n) is 4.37. The van der Waals surface area contributed by atoms with Crippen LogP contribution < -0.4 is 16.4 Å². The Morgan fingerprint density at radius 3 is 2.25 bits per heavy atom. The molecule has 0 radical (unpaired) electrons. The first kappa shape index (κ1) is 16.9. The Bertz CT molecular complexity index is 633.